The van der Waals surface area contributed by atoms with E-state index in [1.807, 2.05) is 31.2 Å². The molecule has 2 rings (SSSR count). The zero-order valence-electron chi connectivity index (χ0n) is 10.7. The first-order valence-electron chi connectivity index (χ1n) is 6.16. The molecule has 0 saturated carbocycles. The van der Waals surface area contributed by atoms with Crippen LogP contribution >= 0.6 is 0 Å². The summed E-state index contributed by atoms with van der Waals surface area (Å²) < 4.78 is 26.8. The fourth-order valence-corrected chi connectivity index (χ4v) is 2.22. The topological polar surface area (TPSA) is 38.0 Å². The summed E-state index contributed by atoms with van der Waals surface area (Å²) in [6.45, 7) is 2.02. The van der Waals surface area contributed by atoms with Gasteiger partial charge in [-0.3, -0.25) is 5.84 Å². The summed E-state index contributed by atoms with van der Waals surface area (Å²) >= 11 is 0. The van der Waals surface area contributed by atoms with Gasteiger partial charge >= 0.3 is 0 Å². The maximum atomic E-state index is 13.9. The molecule has 0 aliphatic rings. The van der Waals surface area contributed by atoms with Crippen molar-refractivity contribution in [1.29, 1.82) is 0 Å². The molecule has 0 spiro atoms. The van der Waals surface area contributed by atoms with E-state index in [9.17, 15) is 8.78 Å². The predicted octanol–water partition coefficient (Wildman–Crippen LogP) is 3.08. The Bertz CT molecular complexity index is 570. The number of nitrogens with one attached hydrogen (secondary N) is 1. The Morgan fingerprint density at radius 1 is 1.11 bits per heavy atom. The highest BCUT2D eigenvalue weighted by Crippen LogP contribution is 2.27. The summed E-state index contributed by atoms with van der Waals surface area (Å²) in [6, 6.07) is 10.7. The van der Waals surface area contributed by atoms with Crippen LogP contribution in [0.15, 0.2) is 42.5 Å². The zero-order valence-corrected chi connectivity index (χ0v) is 10.7. The predicted molar refractivity (Wildman–Crippen MR) is 71.3 cm³/mol. The van der Waals surface area contributed by atoms with E-state index >= 15 is 0 Å². The second kappa shape index (κ2) is 5.91. The Balaban J connectivity index is 2.50. The number of rotatable bonds is 4. The molecule has 2 aromatic rings. The lowest BCUT2D eigenvalue weighted by Crippen LogP contribution is -2.30. The summed E-state index contributed by atoms with van der Waals surface area (Å²) in [5.41, 5.74) is 4.92. The van der Waals surface area contributed by atoms with Gasteiger partial charge in [0.1, 0.15) is 11.6 Å². The number of hydrogen-bond acceptors (Lipinski definition) is 2. The third-order valence-corrected chi connectivity index (χ3v) is 3.19. The highest BCUT2D eigenvalue weighted by atomic mass is 19.1. The largest absolute Gasteiger partial charge is 0.271 e. The molecule has 19 heavy (non-hydrogen) atoms. The minimum absolute atomic E-state index is 0.338. The Labute approximate surface area is 111 Å². The van der Waals surface area contributed by atoms with Crippen molar-refractivity contribution >= 4 is 0 Å². The molecule has 3 N–H and O–H groups in total. The van der Waals surface area contributed by atoms with Crippen LogP contribution < -0.4 is 11.3 Å². The first kappa shape index (κ1) is 13.6. The second-order valence-corrected chi connectivity index (χ2v) is 4.32. The van der Waals surface area contributed by atoms with Gasteiger partial charge in [-0.15, -0.1) is 0 Å². The van der Waals surface area contributed by atoms with Crippen LogP contribution in [-0.2, 0) is 6.42 Å². The maximum absolute atomic E-state index is 13.9. The number of aryl methyl sites for hydroxylation is 1. The van der Waals surface area contributed by atoms with Crippen LogP contribution in [0.4, 0.5) is 8.78 Å². The zero-order chi connectivity index (χ0) is 13.8. The summed E-state index contributed by atoms with van der Waals surface area (Å²) in [6.07, 6.45) is 0.817. The maximum Gasteiger partial charge on any atom is 0.131 e. The molecule has 0 heterocycles. The minimum Gasteiger partial charge on any atom is -0.271 e. The van der Waals surface area contributed by atoms with E-state index in [2.05, 4.69) is 5.43 Å². The first-order chi connectivity index (χ1) is 9.17. The molecule has 0 aromatic heterocycles. The standard InChI is InChI=1S/C15H16F2N2/c1-2-10-5-3-4-6-12(10)15(19-18)13-8-7-11(16)9-14(13)17/h3-9,15,19H,2,18H2,1H3. The second-order valence-electron chi connectivity index (χ2n) is 4.32. The molecular weight excluding hydrogens is 246 g/mol. The lowest BCUT2D eigenvalue weighted by atomic mass is 9.93. The Morgan fingerprint density at radius 3 is 2.47 bits per heavy atom. The van der Waals surface area contributed by atoms with Gasteiger partial charge in [0, 0.05) is 11.6 Å². The number of halogens is 2. The lowest BCUT2D eigenvalue weighted by molar-refractivity contribution is 0.540. The van der Waals surface area contributed by atoms with Crippen LogP contribution in [0.2, 0.25) is 0 Å². The molecule has 0 fully saturated rings. The van der Waals surface area contributed by atoms with Crippen LogP contribution in [0.1, 0.15) is 29.7 Å². The van der Waals surface area contributed by atoms with Gasteiger partial charge in [0.15, 0.2) is 0 Å². The van der Waals surface area contributed by atoms with Gasteiger partial charge in [0.05, 0.1) is 6.04 Å². The highest BCUT2D eigenvalue weighted by molar-refractivity contribution is 5.38. The molecule has 1 atom stereocenters. The van der Waals surface area contributed by atoms with Gasteiger partial charge in [-0.05, 0) is 23.6 Å². The van der Waals surface area contributed by atoms with Crippen molar-refractivity contribution in [1.82, 2.24) is 5.43 Å². The highest BCUT2D eigenvalue weighted by Gasteiger charge is 2.19. The molecule has 0 saturated heterocycles. The minimum atomic E-state index is -0.603. The van der Waals surface area contributed by atoms with Crippen LogP contribution in [0.25, 0.3) is 0 Å². The lowest BCUT2D eigenvalue weighted by Gasteiger charge is -2.20. The van der Waals surface area contributed by atoms with E-state index in [1.54, 1.807) is 0 Å². The van der Waals surface area contributed by atoms with Gasteiger partial charge in [-0.2, -0.15) is 0 Å². The van der Waals surface area contributed by atoms with Crippen LogP contribution in [0.5, 0.6) is 0 Å². The number of hydrazine groups is 1. The van der Waals surface area contributed by atoms with E-state index in [1.165, 1.54) is 12.1 Å². The third kappa shape index (κ3) is 2.80. The summed E-state index contributed by atoms with van der Waals surface area (Å²) in [5.74, 6) is 4.36. The van der Waals surface area contributed by atoms with Crippen LogP contribution in [-0.4, -0.2) is 0 Å². The average molecular weight is 262 g/mol. The quantitative estimate of drug-likeness (QED) is 0.656. The van der Waals surface area contributed by atoms with Crippen molar-refractivity contribution in [2.75, 3.05) is 0 Å². The van der Waals surface area contributed by atoms with E-state index in [0.29, 0.717) is 5.56 Å². The molecule has 0 bridgehead atoms. The normalized spacial score (nSPS) is 12.4. The monoisotopic (exact) mass is 262 g/mol. The van der Waals surface area contributed by atoms with Crippen molar-refractivity contribution in [2.24, 2.45) is 5.84 Å². The SMILES string of the molecule is CCc1ccccc1C(NN)c1ccc(F)cc1F. The summed E-state index contributed by atoms with van der Waals surface area (Å²) in [7, 11) is 0. The molecule has 0 aliphatic heterocycles. The van der Waals surface area contributed by atoms with Crippen molar-refractivity contribution < 1.29 is 8.78 Å². The van der Waals surface area contributed by atoms with Crippen LogP contribution in [0, 0.1) is 11.6 Å². The van der Waals surface area contributed by atoms with E-state index in [0.717, 1.165) is 23.6 Å². The van der Waals surface area contributed by atoms with Crippen molar-refractivity contribution in [3.05, 3.63) is 70.8 Å². The Morgan fingerprint density at radius 2 is 1.84 bits per heavy atom. The fourth-order valence-electron chi connectivity index (χ4n) is 2.22. The molecular formula is C15H16F2N2. The van der Waals surface area contributed by atoms with Crippen molar-refractivity contribution in [3.63, 3.8) is 0 Å². The number of nitrogens with two attached hydrogens (primary N) is 1. The van der Waals surface area contributed by atoms with E-state index in [-0.39, 0.29) is 0 Å². The van der Waals surface area contributed by atoms with Crippen LogP contribution in [0.3, 0.4) is 0 Å². The Kier molecular flexibility index (Phi) is 4.24. The van der Waals surface area contributed by atoms with Crippen molar-refractivity contribution in [3.8, 4) is 0 Å². The smallest absolute Gasteiger partial charge is 0.131 e. The molecule has 2 aromatic carbocycles. The number of benzene rings is 2. The molecule has 0 aliphatic carbocycles. The summed E-state index contributed by atoms with van der Waals surface area (Å²) in [5, 5.41) is 0. The van der Waals surface area contributed by atoms with Gasteiger partial charge in [0.2, 0.25) is 0 Å². The fraction of sp³-hybridized carbons (Fsp3) is 0.200. The molecule has 1 unspecified atom stereocenters. The molecule has 0 radical (unpaired) electrons. The Hall–Kier alpha value is -1.78. The van der Waals surface area contributed by atoms with Gasteiger partial charge in [-0.1, -0.05) is 37.3 Å². The molecule has 100 valence electrons. The summed E-state index contributed by atoms with van der Waals surface area (Å²) in [4.78, 5) is 0. The number of hydrogen-bond donors (Lipinski definition) is 2. The van der Waals surface area contributed by atoms with Gasteiger partial charge in [0.25, 0.3) is 0 Å². The average Bonchev–Trinajstić information content (AvgIpc) is 2.42. The van der Waals surface area contributed by atoms with Crippen molar-refractivity contribution in [2.45, 2.75) is 19.4 Å². The van der Waals surface area contributed by atoms with Gasteiger partial charge < -0.3 is 0 Å². The third-order valence-electron chi connectivity index (χ3n) is 3.19. The van der Waals surface area contributed by atoms with E-state index < -0.39 is 17.7 Å². The molecule has 0 amide bonds. The first-order valence-corrected chi connectivity index (χ1v) is 6.16. The van der Waals surface area contributed by atoms with Gasteiger partial charge in [-0.25, -0.2) is 14.2 Å². The molecule has 2 nitrogen and oxygen atoms in total. The van der Waals surface area contributed by atoms with E-state index in [4.69, 9.17) is 5.84 Å². The molecule has 4 heteroatoms.